The van der Waals surface area contributed by atoms with Crippen molar-refractivity contribution in [3.8, 4) is 0 Å². The summed E-state index contributed by atoms with van der Waals surface area (Å²) >= 11 is 0. The summed E-state index contributed by atoms with van der Waals surface area (Å²) in [4.78, 5) is 0. The van der Waals surface area contributed by atoms with E-state index in [4.69, 9.17) is 18.3 Å². The maximum atomic E-state index is 9.44. The summed E-state index contributed by atoms with van der Waals surface area (Å²) in [7, 11) is -4.05. The summed E-state index contributed by atoms with van der Waals surface area (Å²) in [6.45, 7) is 27.6. The smallest absolute Gasteiger partial charge is 0.192 e. The van der Waals surface area contributed by atoms with Gasteiger partial charge in [0.15, 0.2) is 22.4 Å². The SMILES string of the molecule is CC1(C)O[C@H]2[C@H](O1)[C@H](O[Si](C)(C)C(C)(C)C)CC(NCCO)CC[C@H]2O[Si](C)(C)C(C)(C)C. The lowest BCUT2D eigenvalue weighted by Gasteiger charge is -2.46. The lowest BCUT2D eigenvalue weighted by Crippen LogP contribution is -2.56. The molecule has 6 nitrogen and oxygen atoms in total. The molecule has 33 heavy (non-hydrogen) atoms. The zero-order valence-electron chi connectivity index (χ0n) is 23.5. The van der Waals surface area contributed by atoms with E-state index in [0.29, 0.717) is 6.54 Å². The predicted octanol–water partition coefficient (Wildman–Crippen LogP) is 5.42. The molecule has 5 atom stereocenters. The first-order valence-corrected chi connectivity index (χ1v) is 18.7. The van der Waals surface area contributed by atoms with Crippen LogP contribution in [0.5, 0.6) is 0 Å². The van der Waals surface area contributed by atoms with Crippen molar-refractivity contribution in [2.45, 2.75) is 147 Å². The van der Waals surface area contributed by atoms with Gasteiger partial charge in [-0.3, -0.25) is 0 Å². The Hall–Kier alpha value is 0.194. The van der Waals surface area contributed by atoms with Gasteiger partial charge < -0.3 is 28.7 Å². The Morgan fingerprint density at radius 2 is 1.30 bits per heavy atom. The monoisotopic (exact) mass is 503 g/mol. The van der Waals surface area contributed by atoms with Gasteiger partial charge >= 0.3 is 0 Å². The van der Waals surface area contributed by atoms with Crippen LogP contribution < -0.4 is 5.32 Å². The highest BCUT2D eigenvalue weighted by Gasteiger charge is 2.54. The first kappa shape index (κ1) is 29.4. The third-order valence-electron chi connectivity index (χ3n) is 8.26. The minimum absolute atomic E-state index is 0.0399. The van der Waals surface area contributed by atoms with Gasteiger partial charge in [0.25, 0.3) is 0 Å². The highest BCUT2D eigenvalue weighted by molar-refractivity contribution is 6.74. The second kappa shape index (κ2) is 10.3. The van der Waals surface area contributed by atoms with Gasteiger partial charge in [0.1, 0.15) is 12.2 Å². The number of rotatable bonds is 7. The molecule has 0 aromatic heterocycles. The van der Waals surface area contributed by atoms with Gasteiger partial charge in [-0.15, -0.1) is 0 Å². The molecule has 1 heterocycles. The maximum absolute atomic E-state index is 9.44. The van der Waals surface area contributed by atoms with Crippen LogP contribution in [-0.4, -0.2) is 71.1 Å². The van der Waals surface area contributed by atoms with Crippen molar-refractivity contribution in [2.75, 3.05) is 13.2 Å². The van der Waals surface area contributed by atoms with Crippen LogP contribution in [0.1, 0.15) is 74.7 Å². The quantitative estimate of drug-likeness (QED) is 0.452. The van der Waals surface area contributed by atoms with Crippen LogP contribution in [0.3, 0.4) is 0 Å². The molecule has 0 aromatic rings. The lowest BCUT2D eigenvalue weighted by atomic mass is 9.89. The van der Waals surface area contributed by atoms with Gasteiger partial charge in [-0.1, -0.05) is 41.5 Å². The lowest BCUT2D eigenvalue weighted by molar-refractivity contribution is -0.159. The Balaban J connectivity index is 2.43. The molecule has 0 radical (unpaired) electrons. The van der Waals surface area contributed by atoms with Crippen molar-refractivity contribution in [1.82, 2.24) is 5.32 Å². The third kappa shape index (κ3) is 7.35. The van der Waals surface area contributed by atoms with Gasteiger partial charge in [0.05, 0.1) is 18.8 Å². The molecule has 0 spiro atoms. The van der Waals surface area contributed by atoms with Crippen LogP contribution >= 0.6 is 0 Å². The summed E-state index contributed by atoms with van der Waals surface area (Å²) in [5.41, 5.74) is 0. The molecule has 2 fully saturated rings. The molecule has 1 unspecified atom stereocenters. The minimum Gasteiger partial charge on any atom is -0.411 e. The zero-order chi connectivity index (χ0) is 25.5. The van der Waals surface area contributed by atoms with Crippen molar-refractivity contribution in [3.05, 3.63) is 0 Å². The van der Waals surface area contributed by atoms with Crippen molar-refractivity contribution in [1.29, 1.82) is 0 Å². The molecule has 1 aliphatic heterocycles. The van der Waals surface area contributed by atoms with E-state index in [1.54, 1.807) is 0 Å². The largest absolute Gasteiger partial charge is 0.411 e. The number of ether oxygens (including phenoxy) is 2. The normalized spacial score (nSPS) is 31.7. The Kier molecular flexibility index (Phi) is 9.17. The minimum atomic E-state index is -2.04. The van der Waals surface area contributed by atoms with Crippen molar-refractivity contribution >= 4 is 16.6 Å². The van der Waals surface area contributed by atoms with Crippen LogP contribution in [-0.2, 0) is 18.3 Å². The highest BCUT2D eigenvalue weighted by atomic mass is 28.4. The average Bonchev–Trinajstić information content (AvgIpc) is 2.94. The van der Waals surface area contributed by atoms with E-state index >= 15 is 0 Å². The maximum Gasteiger partial charge on any atom is 0.192 e. The van der Waals surface area contributed by atoms with E-state index in [-0.39, 0.29) is 47.1 Å². The summed E-state index contributed by atoms with van der Waals surface area (Å²) in [6, 6.07) is 0.241. The molecule has 0 amide bonds. The fourth-order valence-electron chi connectivity index (χ4n) is 4.26. The highest BCUT2D eigenvalue weighted by Crippen LogP contribution is 2.45. The first-order chi connectivity index (χ1) is 14.8. The molecule has 8 heteroatoms. The Bertz CT molecular complexity index is 642. The first-order valence-electron chi connectivity index (χ1n) is 12.9. The van der Waals surface area contributed by atoms with E-state index in [9.17, 15) is 5.11 Å². The number of fused-ring (bicyclic) bond motifs is 1. The van der Waals surface area contributed by atoms with E-state index in [1.165, 1.54) is 0 Å². The number of aliphatic hydroxyl groups is 1. The average molecular weight is 504 g/mol. The molecule has 0 aromatic carbocycles. The van der Waals surface area contributed by atoms with Crippen molar-refractivity contribution < 1.29 is 23.4 Å². The van der Waals surface area contributed by atoms with Gasteiger partial charge in [-0.25, -0.2) is 0 Å². The van der Waals surface area contributed by atoms with E-state index in [1.807, 2.05) is 13.8 Å². The predicted molar refractivity (Wildman–Crippen MR) is 141 cm³/mol. The number of hydrogen-bond acceptors (Lipinski definition) is 6. The second-order valence-electron chi connectivity index (χ2n) is 13.6. The van der Waals surface area contributed by atoms with E-state index in [2.05, 4.69) is 73.0 Å². The zero-order valence-corrected chi connectivity index (χ0v) is 25.5. The van der Waals surface area contributed by atoms with Gasteiger partial charge in [-0.2, -0.15) is 0 Å². The molecule has 1 saturated carbocycles. The Labute approximate surface area is 205 Å². The molecule has 1 saturated heterocycles. The van der Waals surface area contributed by atoms with Gasteiger partial charge in [0, 0.05) is 12.6 Å². The second-order valence-corrected chi connectivity index (χ2v) is 23.1. The molecule has 2 rings (SSSR count). The van der Waals surface area contributed by atoms with Crippen LogP contribution in [0.2, 0.25) is 36.3 Å². The molecular formula is C25H53NO5Si2. The van der Waals surface area contributed by atoms with Crippen molar-refractivity contribution in [2.24, 2.45) is 0 Å². The third-order valence-corrected chi connectivity index (χ3v) is 17.3. The molecule has 2 aliphatic rings. The topological polar surface area (TPSA) is 69.2 Å². The van der Waals surface area contributed by atoms with Crippen LogP contribution in [0.15, 0.2) is 0 Å². The van der Waals surface area contributed by atoms with Crippen molar-refractivity contribution in [3.63, 3.8) is 0 Å². The van der Waals surface area contributed by atoms with Crippen LogP contribution in [0.4, 0.5) is 0 Å². The van der Waals surface area contributed by atoms with E-state index in [0.717, 1.165) is 19.3 Å². The van der Waals surface area contributed by atoms with E-state index < -0.39 is 22.4 Å². The van der Waals surface area contributed by atoms with Gasteiger partial charge in [0.2, 0.25) is 0 Å². The Morgan fingerprint density at radius 3 is 1.76 bits per heavy atom. The fourth-order valence-corrected chi connectivity index (χ4v) is 6.96. The molecule has 2 N–H and O–H groups in total. The van der Waals surface area contributed by atoms with Crippen LogP contribution in [0.25, 0.3) is 0 Å². The standard InChI is InChI=1S/C25H53NO5Si2/c1-23(2,3)32(9,10)30-19-14-13-18(26-15-16-27)17-20(31-33(11,12)24(4,5)6)22-21(19)28-25(7,8)29-22/h18-22,26-27H,13-17H2,1-12H3/t18?,19-,20-,21-,22-/m1/s1. The molecule has 0 bridgehead atoms. The molecule has 1 aliphatic carbocycles. The van der Waals surface area contributed by atoms with Gasteiger partial charge in [-0.05, 0) is 69.4 Å². The molecule has 196 valence electrons. The summed E-state index contributed by atoms with van der Waals surface area (Å²) in [6.07, 6.45) is 2.26. The summed E-state index contributed by atoms with van der Waals surface area (Å²) in [5.74, 6) is -0.669. The fraction of sp³-hybridized carbons (Fsp3) is 1.00. The molecular weight excluding hydrogens is 450 g/mol. The summed E-state index contributed by atoms with van der Waals surface area (Å²) < 4.78 is 27.2. The van der Waals surface area contributed by atoms with Crippen LogP contribution in [0, 0.1) is 0 Å². The Morgan fingerprint density at radius 1 is 0.848 bits per heavy atom. The number of hydrogen-bond donors (Lipinski definition) is 2. The summed E-state index contributed by atoms with van der Waals surface area (Å²) in [5, 5.41) is 13.2. The number of aliphatic hydroxyl groups excluding tert-OH is 1. The number of nitrogens with one attached hydrogen (secondary N) is 1.